The van der Waals surface area contributed by atoms with Crippen molar-refractivity contribution in [2.75, 3.05) is 11.9 Å². The van der Waals surface area contributed by atoms with Gasteiger partial charge in [-0.25, -0.2) is 4.79 Å². The van der Waals surface area contributed by atoms with E-state index >= 15 is 0 Å². The van der Waals surface area contributed by atoms with Gasteiger partial charge in [0.15, 0.2) is 5.78 Å². The van der Waals surface area contributed by atoms with Crippen LogP contribution in [0.15, 0.2) is 91.0 Å². The molecule has 5 amide bonds. The lowest BCUT2D eigenvalue weighted by Gasteiger charge is -2.28. The molecule has 0 aromatic heterocycles. The van der Waals surface area contributed by atoms with E-state index < -0.39 is 53.5 Å². The third kappa shape index (κ3) is 12.6. The lowest BCUT2D eigenvalue weighted by atomic mass is 9.93. The number of Topliss-reactive ketones (excluding diaryl/α,β-unsaturated/α-hetero) is 1. The number of epoxide rings is 1. The van der Waals surface area contributed by atoms with Crippen LogP contribution in [0.1, 0.15) is 65.0 Å². The highest BCUT2D eigenvalue weighted by molar-refractivity contribution is 5.99. The summed E-state index contributed by atoms with van der Waals surface area (Å²) in [7, 11) is 0. The van der Waals surface area contributed by atoms with Gasteiger partial charge in [-0.2, -0.15) is 0 Å². The van der Waals surface area contributed by atoms with Gasteiger partial charge < -0.3 is 31.3 Å². The summed E-state index contributed by atoms with van der Waals surface area (Å²) < 4.78 is 5.40. The summed E-state index contributed by atoms with van der Waals surface area (Å²) in [5.41, 5.74) is 1.44. The predicted octanol–water partition coefficient (Wildman–Crippen LogP) is 4.96. The minimum absolute atomic E-state index is 0.00175. The molecule has 1 fully saturated rings. The number of para-hydroxylation sites is 1. The zero-order valence-electron chi connectivity index (χ0n) is 30.8. The summed E-state index contributed by atoms with van der Waals surface area (Å²) in [5.74, 6) is -1.66. The molecule has 3 aromatic rings. The Morgan fingerprint density at radius 2 is 1.08 bits per heavy atom. The summed E-state index contributed by atoms with van der Waals surface area (Å²) in [6.07, 6.45) is 1.64. The van der Waals surface area contributed by atoms with Crippen LogP contribution >= 0.6 is 0 Å². The van der Waals surface area contributed by atoms with Crippen LogP contribution in [-0.2, 0) is 36.8 Å². The first-order chi connectivity index (χ1) is 24.8. The zero-order valence-corrected chi connectivity index (χ0v) is 30.8. The molecule has 11 heteroatoms. The highest BCUT2D eigenvalue weighted by atomic mass is 16.6. The number of urea groups is 1. The molecule has 0 bridgehead atoms. The van der Waals surface area contributed by atoms with Gasteiger partial charge in [-0.05, 0) is 67.7 Å². The molecule has 0 saturated carbocycles. The largest absolute Gasteiger partial charge is 0.361 e. The number of carbonyl (C=O) groups is 5. The number of hydrogen-bond acceptors (Lipinski definition) is 6. The first kappa shape index (κ1) is 39.8. The fourth-order valence-electron chi connectivity index (χ4n) is 5.97. The first-order valence-electron chi connectivity index (χ1n) is 18.1. The van der Waals surface area contributed by atoms with Gasteiger partial charge >= 0.3 is 6.03 Å². The van der Waals surface area contributed by atoms with Crippen molar-refractivity contribution < 1.29 is 28.7 Å². The minimum atomic E-state index is -1.04. The molecule has 52 heavy (non-hydrogen) atoms. The standard InChI is InChI=1S/C41H53N5O6/c1-27(2)23-33(36(47)41(5)26-52-41)43-39(50)35(25-30-17-11-7-12-18-30)45-38(49)34(24-28(3)4)44-37(48)32(22-21-29-15-9-6-10-16-29)46-40(51)42-31-19-13-8-14-20-31/h6-20,27-28,32-35H,21-26H2,1-5H3,(H,43,50)(H,44,48)(H,45,49)(H2,42,46,51)/t32-,33?,34?,35-,41+/m0/s1. The van der Waals surface area contributed by atoms with Gasteiger partial charge in [0.05, 0.1) is 12.6 Å². The van der Waals surface area contributed by atoms with Gasteiger partial charge in [-0.1, -0.05) is 107 Å². The molecule has 11 nitrogen and oxygen atoms in total. The molecule has 1 heterocycles. The number of benzene rings is 3. The van der Waals surface area contributed by atoms with Crippen LogP contribution in [0.25, 0.3) is 0 Å². The third-order valence-corrected chi connectivity index (χ3v) is 8.91. The number of rotatable bonds is 19. The quantitative estimate of drug-likeness (QED) is 0.111. The second-order valence-electron chi connectivity index (χ2n) is 14.6. The molecule has 278 valence electrons. The second kappa shape index (κ2) is 19.0. The topological polar surface area (TPSA) is 158 Å². The van der Waals surface area contributed by atoms with E-state index in [0.717, 1.165) is 11.1 Å². The van der Waals surface area contributed by atoms with Crippen molar-refractivity contribution in [2.45, 2.75) is 96.5 Å². The average molecular weight is 712 g/mol. The van der Waals surface area contributed by atoms with E-state index in [1.54, 1.807) is 31.2 Å². The number of ketones is 1. The number of carbonyl (C=O) groups excluding carboxylic acids is 5. The maximum absolute atomic E-state index is 14.1. The summed E-state index contributed by atoms with van der Waals surface area (Å²) in [6, 6.07) is 23.4. The van der Waals surface area contributed by atoms with E-state index in [2.05, 4.69) is 26.6 Å². The molecule has 0 aliphatic carbocycles. The fourth-order valence-corrected chi connectivity index (χ4v) is 5.97. The number of amides is 5. The molecule has 1 aliphatic heterocycles. The smallest absolute Gasteiger partial charge is 0.319 e. The van der Waals surface area contributed by atoms with Crippen LogP contribution in [0, 0.1) is 11.8 Å². The van der Waals surface area contributed by atoms with Gasteiger partial charge in [-0.15, -0.1) is 0 Å². The molecule has 0 radical (unpaired) electrons. The van der Waals surface area contributed by atoms with Gasteiger partial charge in [0.2, 0.25) is 17.7 Å². The van der Waals surface area contributed by atoms with Crippen molar-refractivity contribution in [2.24, 2.45) is 11.8 Å². The Bertz CT molecular complexity index is 1630. The normalized spacial score (nSPS) is 17.3. The molecule has 5 atom stereocenters. The van der Waals surface area contributed by atoms with E-state index in [4.69, 9.17) is 4.74 Å². The molecule has 0 spiro atoms. The molecule has 1 aliphatic rings. The highest BCUT2D eigenvalue weighted by Gasteiger charge is 2.50. The summed E-state index contributed by atoms with van der Waals surface area (Å²) >= 11 is 0. The SMILES string of the molecule is CC(C)CC(NC(=O)[C@H](CCc1ccccc1)NC(=O)Nc1ccccc1)C(=O)N[C@@H](Cc1ccccc1)C(=O)NC(CC(C)C)C(=O)[C@@]1(C)CO1. The zero-order chi connectivity index (χ0) is 37.7. The van der Waals surface area contributed by atoms with Crippen LogP contribution < -0.4 is 26.6 Å². The van der Waals surface area contributed by atoms with Gasteiger partial charge in [0.25, 0.3) is 0 Å². The van der Waals surface area contributed by atoms with Crippen molar-refractivity contribution in [1.82, 2.24) is 21.3 Å². The summed E-state index contributed by atoms with van der Waals surface area (Å²) in [5, 5.41) is 14.2. The fraction of sp³-hybridized carbons (Fsp3) is 0.439. The second-order valence-corrected chi connectivity index (χ2v) is 14.6. The molecule has 2 unspecified atom stereocenters. The van der Waals surface area contributed by atoms with Crippen LogP contribution in [0.4, 0.5) is 10.5 Å². The number of nitrogens with one attached hydrogen (secondary N) is 5. The van der Waals surface area contributed by atoms with E-state index in [1.165, 1.54) is 0 Å². The third-order valence-electron chi connectivity index (χ3n) is 8.91. The van der Waals surface area contributed by atoms with E-state index in [0.29, 0.717) is 25.1 Å². The van der Waals surface area contributed by atoms with Crippen LogP contribution in [0.2, 0.25) is 0 Å². The van der Waals surface area contributed by atoms with E-state index in [9.17, 15) is 24.0 Å². The monoisotopic (exact) mass is 711 g/mol. The minimum Gasteiger partial charge on any atom is -0.361 e. The van der Waals surface area contributed by atoms with Gasteiger partial charge in [0.1, 0.15) is 23.7 Å². The average Bonchev–Trinajstić information content (AvgIpc) is 3.87. The van der Waals surface area contributed by atoms with Crippen molar-refractivity contribution in [3.8, 4) is 0 Å². The number of anilines is 1. The van der Waals surface area contributed by atoms with Crippen molar-refractivity contribution in [1.29, 1.82) is 0 Å². The Morgan fingerprint density at radius 3 is 1.63 bits per heavy atom. The Balaban J connectivity index is 1.53. The van der Waals surface area contributed by atoms with E-state index in [1.807, 2.05) is 94.4 Å². The predicted molar refractivity (Wildman–Crippen MR) is 201 cm³/mol. The van der Waals surface area contributed by atoms with Crippen molar-refractivity contribution >= 4 is 35.2 Å². The molecule has 1 saturated heterocycles. The number of ether oxygens (including phenoxy) is 1. The highest BCUT2D eigenvalue weighted by Crippen LogP contribution is 2.29. The van der Waals surface area contributed by atoms with E-state index in [-0.39, 0.29) is 36.9 Å². The van der Waals surface area contributed by atoms with Gasteiger partial charge in [-0.3, -0.25) is 19.2 Å². The first-order valence-corrected chi connectivity index (χ1v) is 18.1. The molecule has 3 aromatic carbocycles. The maximum atomic E-state index is 14.1. The summed E-state index contributed by atoms with van der Waals surface area (Å²) in [6.45, 7) is 9.82. The lowest BCUT2D eigenvalue weighted by molar-refractivity contribution is -0.134. The Hall–Kier alpha value is -5.03. The molecular formula is C41H53N5O6. The van der Waals surface area contributed by atoms with Gasteiger partial charge in [0, 0.05) is 12.1 Å². The molecule has 4 rings (SSSR count). The molecular weight excluding hydrogens is 658 g/mol. The summed E-state index contributed by atoms with van der Waals surface area (Å²) in [4.78, 5) is 68.3. The lowest BCUT2D eigenvalue weighted by Crippen LogP contribution is -2.59. The number of aryl methyl sites for hydroxylation is 1. The Morgan fingerprint density at radius 1 is 0.615 bits per heavy atom. The van der Waals surface area contributed by atoms with Crippen LogP contribution in [0.5, 0.6) is 0 Å². The van der Waals surface area contributed by atoms with Crippen molar-refractivity contribution in [3.63, 3.8) is 0 Å². The number of hydrogen-bond donors (Lipinski definition) is 5. The van der Waals surface area contributed by atoms with Crippen LogP contribution in [-0.4, -0.2) is 65.9 Å². The molecule has 5 N–H and O–H groups in total. The maximum Gasteiger partial charge on any atom is 0.319 e. The van der Waals surface area contributed by atoms with Crippen LogP contribution in [0.3, 0.4) is 0 Å². The van der Waals surface area contributed by atoms with Crippen molar-refractivity contribution in [3.05, 3.63) is 102 Å². The Kier molecular flexibility index (Phi) is 14.5. The Labute approximate surface area is 307 Å².